The Hall–Kier alpha value is 0.865. The molecule has 0 heterocycles. The third-order valence-corrected chi connectivity index (χ3v) is 0. The summed E-state index contributed by atoms with van der Waals surface area (Å²) in [5.41, 5.74) is 0. The summed E-state index contributed by atoms with van der Waals surface area (Å²) >= 11 is 0. The van der Waals surface area contributed by atoms with Crippen molar-refractivity contribution in [3.8, 4) is 0 Å². The molecule has 0 saturated carbocycles. The second-order valence-corrected chi connectivity index (χ2v) is 0.236. The molecule has 0 N–H and O–H groups in total. The van der Waals surface area contributed by atoms with Crippen molar-refractivity contribution in [3.63, 3.8) is 0 Å². The van der Waals surface area contributed by atoms with Crippen LogP contribution < -0.4 is 0 Å². The minimum absolute atomic E-state index is 0. The van der Waals surface area contributed by atoms with Gasteiger partial charge in [0.1, 0.15) is 6.29 Å². The molecule has 0 fully saturated rings. The van der Waals surface area contributed by atoms with Crippen molar-refractivity contribution < 1.29 is 4.79 Å². The topological polar surface area (TPSA) is 17.1 Å². The molecule has 0 aromatic heterocycles. The van der Waals surface area contributed by atoms with Crippen molar-refractivity contribution in [3.05, 3.63) is 0 Å². The first-order valence-corrected chi connectivity index (χ1v) is 0.813. The first-order valence-electron chi connectivity index (χ1n) is 0.813. The summed E-state index contributed by atoms with van der Waals surface area (Å²) in [6.45, 7) is 1.44. The Morgan fingerprint density at radius 3 is 1.40 bits per heavy atom. The Balaban J connectivity index is -0.0000000200. The van der Waals surface area contributed by atoms with Crippen molar-refractivity contribution in [2.75, 3.05) is 0 Å². The molecule has 0 saturated heterocycles. The average Bonchev–Trinajstić information content (AvgIpc) is 0.918. The van der Waals surface area contributed by atoms with Crippen LogP contribution in [-0.4, -0.2) is 44.0 Å². The Labute approximate surface area is 55.9 Å². The van der Waals surface area contributed by atoms with E-state index in [1.807, 2.05) is 0 Å². The Morgan fingerprint density at radius 2 is 1.40 bits per heavy atom. The van der Waals surface area contributed by atoms with Crippen LogP contribution in [0, 0.1) is 0 Å². The van der Waals surface area contributed by atoms with E-state index in [1.54, 1.807) is 0 Å². The molecule has 0 aliphatic carbocycles. The van der Waals surface area contributed by atoms with Crippen molar-refractivity contribution in [2.24, 2.45) is 0 Å². The molecule has 0 aromatic carbocycles. The van der Waals surface area contributed by atoms with Crippen molar-refractivity contribution in [2.45, 2.75) is 6.92 Å². The van der Waals surface area contributed by atoms with Gasteiger partial charge in [0, 0.05) is 0 Å². The van der Waals surface area contributed by atoms with Gasteiger partial charge in [-0.2, -0.15) is 0 Å². The Kier molecular flexibility index (Phi) is 70.7. The van der Waals surface area contributed by atoms with Gasteiger partial charge in [0.2, 0.25) is 0 Å². The quantitative estimate of drug-likeness (QED) is 0.256. The van der Waals surface area contributed by atoms with Crippen LogP contribution in [0.4, 0.5) is 0 Å². The fraction of sp³-hybridized carbons (Fsp3) is 0.500. The number of hydrogen-bond acceptors (Lipinski definition) is 1. The average molecular weight is 60.0 g/mol. The molecule has 0 spiro atoms. The summed E-state index contributed by atoms with van der Waals surface area (Å²) in [6.07, 6.45) is 0.750. The van der Waals surface area contributed by atoms with Crippen LogP contribution in [0.25, 0.3) is 0 Å². The first-order chi connectivity index (χ1) is 1.41. The summed E-state index contributed by atoms with van der Waals surface area (Å²) in [4.78, 5) is 8.81. The van der Waals surface area contributed by atoms with E-state index in [0.717, 1.165) is 6.29 Å². The van der Waals surface area contributed by atoms with Crippen LogP contribution >= 0.6 is 0 Å². The SMILES string of the molecule is CC=O.[LiH].[LiH]. The van der Waals surface area contributed by atoms with Crippen molar-refractivity contribution in [1.82, 2.24) is 0 Å². The van der Waals surface area contributed by atoms with E-state index < -0.39 is 0 Å². The van der Waals surface area contributed by atoms with Gasteiger partial charge in [-0.1, -0.05) is 0 Å². The summed E-state index contributed by atoms with van der Waals surface area (Å²) < 4.78 is 0. The molecular weight excluding hydrogens is 53.9 g/mol. The van der Waals surface area contributed by atoms with Crippen molar-refractivity contribution in [1.29, 1.82) is 0 Å². The monoisotopic (exact) mass is 60.1 g/mol. The normalized spacial score (nSPS) is 2.60. The molecule has 0 atom stereocenters. The van der Waals surface area contributed by atoms with Gasteiger partial charge >= 0.3 is 37.7 Å². The molecule has 0 bridgehead atoms. The standard InChI is InChI=1S/C2H4O.2Li.2H/c1-2-3;;;;/h2H,1H3;;;;. The van der Waals surface area contributed by atoms with Crippen LogP contribution in [0.15, 0.2) is 0 Å². The predicted octanol–water partition coefficient (Wildman–Crippen LogP) is -1.09. The van der Waals surface area contributed by atoms with Crippen LogP contribution in [0.5, 0.6) is 0 Å². The summed E-state index contributed by atoms with van der Waals surface area (Å²) in [7, 11) is 0. The van der Waals surface area contributed by atoms with E-state index in [1.165, 1.54) is 6.92 Å². The molecule has 0 unspecified atom stereocenters. The zero-order chi connectivity index (χ0) is 2.71. The Bertz CT molecular complexity index is 15.1. The van der Waals surface area contributed by atoms with Gasteiger partial charge in [-0.3, -0.25) is 0 Å². The summed E-state index contributed by atoms with van der Waals surface area (Å²) in [6, 6.07) is 0. The van der Waals surface area contributed by atoms with E-state index >= 15 is 0 Å². The summed E-state index contributed by atoms with van der Waals surface area (Å²) in [5, 5.41) is 0. The van der Waals surface area contributed by atoms with Gasteiger partial charge in [-0.25, -0.2) is 0 Å². The molecule has 5 heavy (non-hydrogen) atoms. The number of carbonyl (C=O) groups excluding carboxylic acids is 1. The molecule has 0 aromatic rings. The zero-order valence-corrected chi connectivity index (χ0v) is 1.99. The number of rotatable bonds is 0. The molecule has 3 heteroatoms. The molecule has 0 rings (SSSR count). The minimum atomic E-state index is 0. The van der Waals surface area contributed by atoms with E-state index in [0.29, 0.717) is 0 Å². The molecule has 0 aliphatic rings. The molecule has 0 radical (unpaired) electrons. The fourth-order valence-corrected chi connectivity index (χ4v) is 0. The van der Waals surface area contributed by atoms with Gasteiger partial charge in [-0.15, -0.1) is 0 Å². The maximum absolute atomic E-state index is 8.81. The van der Waals surface area contributed by atoms with Crippen molar-refractivity contribution >= 4 is 44.0 Å². The Morgan fingerprint density at radius 1 is 1.40 bits per heavy atom. The van der Waals surface area contributed by atoms with Gasteiger partial charge in [0.15, 0.2) is 0 Å². The van der Waals surface area contributed by atoms with Gasteiger partial charge in [0.25, 0.3) is 0 Å². The van der Waals surface area contributed by atoms with Crippen LogP contribution in [0.1, 0.15) is 6.92 Å². The first kappa shape index (κ1) is 16.9. The van der Waals surface area contributed by atoms with E-state index in [4.69, 9.17) is 4.79 Å². The second-order valence-electron chi connectivity index (χ2n) is 0.236. The van der Waals surface area contributed by atoms with Crippen LogP contribution in [0.2, 0.25) is 0 Å². The number of hydrogen-bond donors (Lipinski definition) is 0. The fourth-order valence-electron chi connectivity index (χ4n) is 0. The molecule has 1 nitrogen and oxygen atoms in total. The molecule has 22 valence electrons. The zero-order valence-electron chi connectivity index (χ0n) is 1.99. The molecule has 0 aliphatic heterocycles. The van der Waals surface area contributed by atoms with Gasteiger partial charge in [0.05, 0.1) is 0 Å². The summed E-state index contributed by atoms with van der Waals surface area (Å²) in [5.74, 6) is 0. The maximum atomic E-state index is 8.81. The third kappa shape index (κ3) is 53.4. The third-order valence-electron chi connectivity index (χ3n) is 0. The number of carbonyl (C=O) groups is 1. The van der Waals surface area contributed by atoms with Gasteiger partial charge < -0.3 is 4.79 Å². The number of aldehydes is 1. The van der Waals surface area contributed by atoms with E-state index in [2.05, 4.69) is 0 Å². The van der Waals surface area contributed by atoms with E-state index in [-0.39, 0.29) is 37.7 Å². The predicted molar refractivity (Wildman–Crippen MR) is 26.0 cm³/mol. The molecule has 0 amide bonds. The van der Waals surface area contributed by atoms with E-state index in [9.17, 15) is 0 Å². The van der Waals surface area contributed by atoms with Crippen LogP contribution in [0.3, 0.4) is 0 Å². The molecular formula is C2H6Li2O. The second kappa shape index (κ2) is 20.9. The van der Waals surface area contributed by atoms with Crippen LogP contribution in [-0.2, 0) is 4.79 Å². The van der Waals surface area contributed by atoms with Gasteiger partial charge in [-0.05, 0) is 6.92 Å².